The van der Waals surface area contributed by atoms with Gasteiger partial charge in [0.05, 0.1) is 22.4 Å². The zero-order valence-electron chi connectivity index (χ0n) is 18.1. The number of ether oxygens (including phenoxy) is 1. The highest BCUT2D eigenvalue weighted by molar-refractivity contribution is 6.35. The summed E-state index contributed by atoms with van der Waals surface area (Å²) in [4.78, 5) is 62.8. The number of carbonyl (C=O) groups excluding carboxylic acids is 5. The van der Waals surface area contributed by atoms with Gasteiger partial charge in [-0.25, -0.2) is 14.5 Å². The number of imide groups is 2. The molecule has 0 saturated heterocycles. The van der Waals surface area contributed by atoms with Crippen molar-refractivity contribution in [1.29, 1.82) is 0 Å². The zero-order chi connectivity index (χ0) is 24.2. The van der Waals surface area contributed by atoms with E-state index in [1.165, 1.54) is 18.2 Å². The van der Waals surface area contributed by atoms with Gasteiger partial charge in [-0.05, 0) is 55.3 Å². The summed E-state index contributed by atoms with van der Waals surface area (Å²) < 4.78 is 4.97. The number of amides is 5. The fourth-order valence-corrected chi connectivity index (χ4v) is 4.16. The van der Waals surface area contributed by atoms with E-state index in [4.69, 9.17) is 16.3 Å². The molecule has 2 aromatic rings. The number of anilines is 1. The molecule has 1 saturated carbocycles. The third-order valence-corrected chi connectivity index (χ3v) is 5.99. The van der Waals surface area contributed by atoms with Crippen molar-refractivity contribution in [1.82, 2.24) is 10.6 Å². The van der Waals surface area contributed by atoms with Gasteiger partial charge in [0.1, 0.15) is 0 Å². The minimum absolute atomic E-state index is 0.00249. The predicted molar refractivity (Wildman–Crippen MR) is 123 cm³/mol. The molecule has 34 heavy (non-hydrogen) atoms. The average molecular weight is 484 g/mol. The Labute approximate surface area is 200 Å². The summed E-state index contributed by atoms with van der Waals surface area (Å²) in [6.07, 6.45) is 4.93. The van der Waals surface area contributed by atoms with Crippen LogP contribution in [0, 0.1) is 0 Å². The number of halogens is 1. The van der Waals surface area contributed by atoms with Crippen LogP contribution in [0.25, 0.3) is 0 Å². The van der Waals surface area contributed by atoms with Gasteiger partial charge in [0.2, 0.25) is 0 Å². The van der Waals surface area contributed by atoms with Crippen LogP contribution >= 0.6 is 11.6 Å². The highest BCUT2D eigenvalue weighted by Gasteiger charge is 2.37. The normalized spacial score (nSPS) is 15.6. The van der Waals surface area contributed by atoms with Crippen molar-refractivity contribution in [3.63, 3.8) is 0 Å². The summed E-state index contributed by atoms with van der Waals surface area (Å²) in [5.74, 6) is -2.75. The van der Waals surface area contributed by atoms with E-state index in [-0.39, 0.29) is 22.7 Å². The van der Waals surface area contributed by atoms with Gasteiger partial charge >= 0.3 is 12.0 Å². The van der Waals surface area contributed by atoms with E-state index in [0.29, 0.717) is 10.7 Å². The van der Waals surface area contributed by atoms with Crippen LogP contribution in [-0.2, 0) is 9.53 Å². The number of nitrogens with zero attached hydrogens (tertiary/aromatic N) is 1. The smallest absolute Gasteiger partial charge is 0.338 e. The molecule has 10 heteroatoms. The van der Waals surface area contributed by atoms with Crippen LogP contribution in [0.15, 0.2) is 42.5 Å². The number of hydrogen-bond donors (Lipinski definition) is 2. The Hall–Kier alpha value is -3.72. The van der Waals surface area contributed by atoms with Crippen LogP contribution in [0.2, 0.25) is 5.02 Å². The van der Waals surface area contributed by atoms with E-state index in [1.807, 2.05) is 0 Å². The third-order valence-electron chi connectivity index (χ3n) is 5.73. The first-order chi connectivity index (χ1) is 16.3. The SMILES string of the molecule is O=C(COC(=O)c1ccc2c(c1)C(=O)N(c1ccc(Cl)cc1)C2=O)NC(=O)NC1CCCCC1. The molecule has 0 radical (unpaired) electrons. The van der Waals surface area contributed by atoms with Gasteiger partial charge in [0.25, 0.3) is 17.7 Å². The molecule has 176 valence electrons. The van der Waals surface area contributed by atoms with Crippen LogP contribution in [0.1, 0.15) is 63.2 Å². The van der Waals surface area contributed by atoms with Crippen molar-refractivity contribution in [2.45, 2.75) is 38.1 Å². The molecule has 1 fully saturated rings. The first kappa shape index (κ1) is 23.4. The Morgan fingerprint density at radius 2 is 1.62 bits per heavy atom. The van der Waals surface area contributed by atoms with Gasteiger partial charge in [0.15, 0.2) is 6.61 Å². The van der Waals surface area contributed by atoms with Crippen molar-refractivity contribution in [2.75, 3.05) is 11.5 Å². The van der Waals surface area contributed by atoms with Gasteiger partial charge in [0, 0.05) is 11.1 Å². The lowest BCUT2D eigenvalue weighted by Crippen LogP contribution is -2.46. The lowest BCUT2D eigenvalue weighted by atomic mass is 9.96. The lowest BCUT2D eigenvalue weighted by molar-refractivity contribution is -0.123. The fourth-order valence-electron chi connectivity index (χ4n) is 4.04. The topological polar surface area (TPSA) is 122 Å². The molecule has 5 amide bonds. The molecule has 1 heterocycles. The quantitative estimate of drug-likeness (QED) is 0.496. The number of urea groups is 1. The van der Waals surface area contributed by atoms with Gasteiger partial charge < -0.3 is 10.1 Å². The molecule has 4 rings (SSSR count). The van der Waals surface area contributed by atoms with Crippen LogP contribution in [0.3, 0.4) is 0 Å². The third kappa shape index (κ3) is 5.09. The number of esters is 1. The number of fused-ring (bicyclic) bond motifs is 1. The molecule has 2 aliphatic rings. The Morgan fingerprint density at radius 3 is 2.32 bits per heavy atom. The van der Waals surface area contributed by atoms with Crippen molar-refractivity contribution in [3.8, 4) is 0 Å². The average Bonchev–Trinajstić information content (AvgIpc) is 3.08. The summed E-state index contributed by atoms with van der Waals surface area (Å²) in [5, 5.41) is 5.33. The minimum atomic E-state index is -0.865. The number of rotatable bonds is 5. The van der Waals surface area contributed by atoms with E-state index >= 15 is 0 Å². The maximum atomic E-state index is 12.8. The number of nitrogens with one attached hydrogen (secondary N) is 2. The van der Waals surface area contributed by atoms with E-state index in [1.54, 1.807) is 24.3 Å². The monoisotopic (exact) mass is 483 g/mol. The van der Waals surface area contributed by atoms with Crippen molar-refractivity contribution in [3.05, 3.63) is 64.2 Å². The van der Waals surface area contributed by atoms with E-state index in [2.05, 4.69) is 10.6 Å². The molecular formula is C24H22ClN3O6. The second kappa shape index (κ2) is 10.0. The number of hydrogen-bond acceptors (Lipinski definition) is 6. The predicted octanol–water partition coefficient (Wildman–Crippen LogP) is 3.46. The highest BCUT2D eigenvalue weighted by atomic mass is 35.5. The largest absolute Gasteiger partial charge is 0.452 e. The summed E-state index contributed by atoms with van der Waals surface area (Å²) in [5.41, 5.74) is 0.541. The summed E-state index contributed by atoms with van der Waals surface area (Å²) in [7, 11) is 0. The van der Waals surface area contributed by atoms with Crippen molar-refractivity contribution in [2.24, 2.45) is 0 Å². The molecule has 0 atom stereocenters. The Bertz CT molecular complexity index is 1160. The molecule has 0 unspecified atom stereocenters. The maximum absolute atomic E-state index is 12.8. The summed E-state index contributed by atoms with van der Waals surface area (Å²) in [6, 6.07) is 9.56. The van der Waals surface area contributed by atoms with E-state index < -0.39 is 36.3 Å². The molecular weight excluding hydrogens is 462 g/mol. The maximum Gasteiger partial charge on any atom is 0.338 e. The van der Waals surface area contributed by atoms with Crippen molar-refractivity contribution >= 4 is 47.0 Å². The molecule has 2 aromatic carbocycles. The van der Waals surface area contributed by atoms with E-state index in [9.17, 15) is 24.0 Å². The van der Waals surface area contributed by atoms with E-state index in [0.717, 1.165) is 37.0 Å². The second-order valence-corrected chi connectivity index (χ2v) is 8.55. The molecule has 0 spiro atoms. The Kier molecular flexibility index (Phi) is 6.93. The Morgan fingerprint density at radius 1 is 0.941 bits per heavy atom. The second-order valence-electron chi connectivity index (χ2n) is 8.12. The standard InChI is InChI=1S/C24H22ClN3O6/c25-15-7-9-17(10-8-15)28-21(30)18-11-6-14(12-19(18)22(28)31)23(32)34-13-20(29)27-24(33)26-16-4-2-1-3-5-16/h6-12,16H,1-5,13H2,(H2,26,27,29,33). The van der Waals surface area contributed by atoms with Crippen LogP contribution in [0.5, 0.6) is 0 Å². The van der Waals surface area contributed by atoms with Crippen LogP contribution in [-0.4, -0.2) is 42.4 Å². The molecule has 1 aliphatic carbocycles. The summed E-state index contributed by atoms with van der Waals surface area (Å²) >= 11 is 5.87. The molecule has 0 aromatic heterocycles. The molecule has 1 aliphatic heterocycles. The molecule has 0 bridgehead atoms. The zero-order valence-corrected chi connectivity index (χ0v) is 18.9. The Balaban J connectivity index is 1.35. The first-order valence-corrected chi connectivity index (χ1v) is 11.3. The van der Waals surface area contributed by atoms with Gasteiger partial charge in [-0.15, -0.1) is 0 Å². The highest BCUT2D eigenvalue weighted by Crippen LogP contribution is 2.30. The molecule has 2 N–H and O–H groups in total. The van der Waals surface area contributed by atoms with Gasteiger partial charge in [-0.1, -0.05) is 30.9 Å². The first-order valence-electron chi connectivity index (χ1n) is 10.9. The van der Waals surface area contributed by atoms with Crippen molar-refractivity contribution < 1.29 is 28.7 Å². The van der Waals surface area contributed by atoms with Crippen LogP contribution < -0.4 is 15.5 Å². The number of benzene rings is 2. The van der Waals surface area contributed by atoms with Crippen LogP contribution in [0.4, 0.5) is 10.5 Å². The molecule has 9 nitrogen and oxygen atoms in total. The van der Waals surface area contributed by atoms with Gasteiger partial charge in [-0.2, -0.15) is 0 Å². The summed E-state index contributed by atoms with van der Waals surface area (Å²) in [6.45, 7) is -0.669. The van der Waals surface area contributed by atoms with Gasteiger partial charge in [-0.3, -0.25) is 19.7 Å². The number of carbonyl (C=O) groups is 5. The minimum Gasteiger partial charge on any atom is -0.452 e. The lowest BCUT2D eigenvalue weighted by Gasteiger charge is -2.22. The fraction of sp³-hybridized carbons (Fsp3) is 0.292.